The van der Waals surface area contributed by atoms with Gasteiger partial charge in [-0.15, -0.1) is 0 Å². The van der Waals surface area contributed by atoms with E-state index in [2.05, 4.69) is 12.4 Å². The first-order chi connectivity index (χ1) is 18.8. The number of carbonyl (C=O) groups excluding carboxylic acids is 2. The first-order valence-corrected chi connectivity index (χ1v) is 13.5. The number of nitrogens with zero attached hydrogens (tertiary/aromatic N) is 3. The third-order valence-electron chi connectivity index (χ3n) is 8.91. The number of primary amides is 1. The summed E-state index contributed by atoms with van der Waals surface area (Å²) in [6.07, 6.45) is 0.533. The van der Waals surface area contributed by atoms with Gasteiger partial charge in [-0.05, 0) is 0 Å². The number of likely N-dealkylation sites (N-methyl/N-ethyl adjacent to an activating group) is 1. The standard InChI is InChI=1S/C28H37BN4O7/c1-31(2)21-14(12-33-5-7-40-8-6-33)11-17(34)19-15(21)9-13-10-16-22(32(3)4)24(36)20(27(30)38)25(29)28(16,39)26(37)18(13)23(19)35/h11,13,16,22,29,34,36-37,39H,5-10,12H2,1-4H3,(H2,30,38)/t13-,16-,22-,28+/m0/s1. The van der Waals surface area contributed by atoms with Gasteiger partial charge in [0.05, 0.1) is 13.2 Å². The zero-order valence-electron chi connectivity index (χ0n) is 23.4. The molecule has 40 heavy (non-hydrogen) atoms. The number of aliphatic hydroxyl groups is 3. The maximum absolute atomic E-state index is 14.0. The van der Waals surface area contributed by atoms with Crippen molar-refractivity contribution in [3.63, 3.8) is 0 Å². The zero-order chi connectivity index (χ0) is 29.3. The van der Waals surface area contributed by atoms with Crippen molar-refractivity contribution in [2.75, 3.05) is 59.4 Å². The molecule has 1 amide bonds. The van der Waals surface area contributed by atoms with Crippen molar-refractivity contribution in [3.05, 3.63) is 45.4 Å². The van der Waals surface area contributed by atoms with Gasteiger partial charge in [-0.25, -0.2) is 0 Å². The number of hydrogen-bond donors (Lipinski definition) is 5. The minimum atomic E-state index is -2.21. The number of nitrogens with two attached hydrogens (primary N) is 1. The van der Waals surface area contributed by atoms with Crippen molar-refractivity contribution in [1.82, 2.24) is 9.80 Å². The molecular weight excluding hydrogens is 515 g/mol. The molecule has 0 aromatic heterocycles. The first-order valence-electron chi connectivity index (χ1n) is 13.5. The summed E-state index contributed by atoms with van der Waals surface area (Å²) in [6, 6.07) is 0.737. The number of Topliss-reactive ketones (excluding diaryl/α,β-unsaturated/α-hetero) is 1. The molecule has 0 unspecified atom stereocenters. The Balaban J connectivity index is 1.67. The minimum absolute atomic E-state index is 0.0175. The summed E-state index contributed by atoms with van der Waals surface area (Å²) in [4.78, 5) is 32.2. The molecule has 1 heterocycles. The van der Waals surface area contributed by atoms with Gasteiger partial charge in [0.25, 0.3) is 0 Å². The van der Waals surface area contributed by atoms with Crippen LogP contribution in [-0.4, -0.2) is 121 Å². The molecule has 214 valence electrons. The number of amides is 1. The van der Waals surface area contributed by atoms with E-state index >= 15 is 0 Å². The Morgan fingerprint density at radius 2 is 1.85 bits per heavy atom. The predicted octanol–water partition coefficient (Wildman–Crippen LogP) is -0.477. The fourth-order valence-corrected chi connectivity index (χ4v) is 7.22. The molecule has 0 radical (unpaired) electrons. The van der Waals surface area contributed by atoms with Gasteiger partial charge >= 0.3 is 216 Å². The fraction of sp³-hybridized carbons (Fsp3) is 0.536. The van der Waals surface area contributed by atoms with Gasteiger partial charge in [-0.3, -0.25) is 0 Å². The average Bonchev–Trinajstić information content (AvgIpc) is 2.86. The van der Waals surface area contributed by atoms with E-state index in [4.69, 9.17) is 10.5 Å². The number of rotatable bonds is 5. The van der Waals surface area contributed by atoms with Gasteiger partial charge in [0.1, 0.15) is 0 Å². The number of phenolic OH excluding ortho intramolecular Hbond substituents is 1. The summed E-state index contributed by atoms with van der Waals surface area (Å²) < 4.78 is 5.47. The van der Waals surface area contributed by atoms with Crippen LogP contribution in [0.1, 0.15) is 27.9 Å². The van der Waals surface area contributed by atoms with Gasteiger partial charge < -0.3 is 4.74 Å². The molecule has 1 aromatic rings. The van der Waals surface area contributed by atoms with E-state index in [1.807, 2.05) is 19.0 Å². The molecular formula is C28H37BN4O7. The van der Waals surface area contributed by atoms with Gasteiger partial charge in [0.2, 0.25) is 0 Å². The van der Waals surface area contributed by atoms with Gasteiger partial charge in [0.15, 0.2) is 0 Å². The van der Waals surface area contributed by atoms with Gasteiger partial charge in [0, 0.05) is 0 Å². The summed E-state index contributed by atoms with van der Waals surface area (Å²) in [5.74, 6) is -4.04. The SMILES string of the molecule is B=C1C(C(N)=O)=C(O)[C@@H](N(C)C)[C@@H]2C[C@@H]3Cc4c(c(O)cc(CN5CCOCC5)c4N(C)C)C(=O)C3=C(O)[C@]12O. The van der Waals surface area contributed by atoms with Crippen molar-refractivity contribution in [3.8, 4) is 5.75 Å². The Kier molecular flexibility index (Phi) is 7.10. The number of aliphatic hydroxyl groups excluding tert-OH is 2. The second-order valence-corrected chi connectivity index (χ2v) is 11.7. The summed E-state index contributed by atoms with van der Waals surface area (Å²) in [5, 5.41) is 45.9. The van der Waals surface area contributed by atoms with E-state index in [0.717, 1.165) is 24.3 Å². The van der Waals surface area contributed by atoms with Crippen LogP contribution < -0.4 is 10.6 Å². The molecule has 11 nitrogen and oxygen atoms in total. The van der Waals surface area contributed by atoms with Crippen molar-refractivity contribution >= 4 is 30.3 Å². The maximum atomic E-state index is 14.0. The topological polar surface area (TPSA) is 160 Å². The van der Waals surface area contributed by atoms with E-state index < -0.39 is 40.9 Å². The summed E-state index contributed by atoms with van der Waals surface area (Å²) in [5.41, 5.74) is 5.19. The Morgan fingerprint density at radius 1 is 1.20 bits per heavy atom. The van der Waals surface area contributed by atoms with E-state index in [9.17, 15) is 30.0 Å². The van der Waals surface area contributed by atoms with Crippen LogP contribution in [0.25, 0.3) is 0 Å². The number of carbonyl (C=O) groups is 2. The summed E-state index contributed by atoms with van der Waals surface area (Å²) in [6.45, 7) is 3.35. The van der Waals surface area contributed by atoms with E-state index in [0.29, 0.717) is 31.7 Å². The molecule has 0 bridgehead atoms. The van der Waals surface area contributed by atoms with E-state index in [1.54, 1.807) is 25.1 Å². The molecule has 1 aromatic carbocycles. The fourth-order valence-electron chi connectivity index (χ4n) is 7.22. The van der Waals surface area contributed by atoms with Crippen LogP contribution >= 0.6 is 0 Å². The number of ketones is 1. The molecule has 0 spiro atoms. The van der Waals surface area contributed by atoms with Gasteiger partial charge in [-0.1, -0.05) is 0 Å². The third kappa shape index (κ3) is 4.08. The predicted molar refractivity (Wildman–Crippen MR) is 151 cm³/mol. The van der Waals surface area contributed by atoms with Crippen LogP contribution in [0.3, 0.4) is 0 Å². The van der Waals surface area contributed by atoms with Crippen LogP contribution in [0.15, 0.2) is 28.7 Å². The second-order valence-electron chi connectivity index (χ2n) is 11.7. The number of aromatic hydroxyl groups is 1. The van der Waals surface area contributed by atoms with Crippen LogP contribution in [-0.2, 0) is 22.5 Å². The average molecular weight is 552 g/mol. The third-order valence-corrected chi connectivity index (χ3v) is 8.91. The van der Waals surface area contributed by atoms with Crippen molar-refractivity contribution < 1.29 is 34.8 Å². The molecule has 5 rings (SSSR count). The summed E-state index contributed by atoms with van der Waals surface area (Å²) >= 11 is 0. The van der Waals surface area contributed by atoms with Crippen molar-refractivity contribution in [1.29, 1.82) is 0 Å². The van der Waals surface area contributed by atoms with Gasteiger partial charge in [-0.2, -0.15) is 0 Å². The van der Waals surface area contributed by atoms with Crippen molar-refractivity contribution in [2.24, 2.45) is 17.6 Å². The molecule has 1 aliphatic heterocycles. The Bertz CT molecular complexity index is 1360. The molecule has 1 fully saturated rings. The number of allylic oxidation sites excluding steroid dienone is 1. The van der Waals surface area contributed by atoms with Crippen LogP contribution in [0, 0.1) is 11.8 Å². The number of morpholine rings is 1. The number of hydrogen-bond acceptors (Lipinski definition) is 10. The molecule has 4 aliphatic rings. The summed E-state index contributed by atoms with van der Waals surface area (Å²) in [7, 11) is 11.0. The molecule has 4 atom stereocenters. The van der Waals surface area contributed by atoms with Crippen LogP contribution in [0.5, 0.6) is 5.75 Å². The molecule has 6 N–H and O–H groups in total. The molecule has 12 heteroatoms. The quantitative estimate of drug-likeness (QED) is 0.302. The number of phenols is 1. The number of ether oxygens (including phenoxy) is 1. The number of benzene rings is 1. The monoisotopic (exact) mass is 552 g/mol. The van der Waals surface area contributed by atoms with E-state index in [-0.39, 0.29) is 40.1 Å². The van der Waals surface area contributed by atoms with Crippen molar-refractivity contribution in [2.45, 2.75) is 31.0 Å². The Labute approximate surface area is 234 Å². The number of fused-ring (bicyclic) bond motifs is 3. The number of anilines is 1. The van der Waals surface area contributed by atoms with Crippen LogP contribution in [0.2, 0.25) is 0 Å². The van der Waals surface area contributed by atoms with E-state index in [1.165, 1.54) is 0 Å². The normalized spacial score (nSPS) is 28.9. The Morgan fingerprint density at radius 3 is 2.42 bits per heavy atom. The molecule has 0 saturated carbocycles. The van der Waals surface area contributed by atoms with Crippen LogP contribution in [0.4, 0.5) is 5.69 Å². The second kappa shape index (κ2) is 10.0. The zero-order valence-corrected chi connectivity index (χ0v) is 23.4. The Hall–Kier alpha value is -3.19. The molecule has 1 saturated heterocycles. The first kappa shape index (κ1) is 28.3. The molecule has 3 aliphatic carbocycles.